The summed E-state index contributed by atoms with van der Waals surface area (Å²) in [5.41, 5.74) is 6.77. The Labute approximate surface area is 240 Å². The number of amides is 1. The summed E-state index contributed by atoms with van der Waals surface area (Å²) in [4.78, 5) is 24.7. The number of aliphatic hydroxyl groups excluding tert-OH is 1. The lowest BCUT2D eigenvalue weighted by Crippen LogP contribution is -2.50. The molecular weight excluding hydrogens is 512 g/mol. The van der Waals surface area contributed by atoms with Gasteiger partial charge in [-0.05, 0) is 67.6 Å². The van der Waals surface area contributed by atoms with Gasteiger partial charge in [-0.2, -0.15) is 0 Å². The van der Waals surface area contributed by atoms with Crippen LogP contribution in [0.3, 0.4) is 0 Å². The van der Waals surface area contributed by atoms with E-state index in [-0.39, 0.29) is 30.7 Å². The first-order chi connectivity index (χ1) is 18.9. The van der Waals surface area contributed by atoms with Gasteiger partial charge in [-0.3, -0.25) is 9.59 Å². The Hall–Kier alpha value is -2.36. The molecule has 5 N–H and O–H groups in total. The van der Waals surface area contributed by atoms with Crippen molar-refractivity contribution in [3.63, 3.8) is 0 Å². The summed E-state index contributed by atoms with van der Waals surface area (Å²) in [6.07, 6.45) is 3.54. The van der Waals surface area contributed by atoms with Gasteiger partial charge in [-0.15, -0.1) is 0 Å². The van der Waals surface area contributed by atoms with Crippen molar-refractivity contribution in [2.24, 2.45) is 34.8 Å². The van der Waals surface area contributed by atoms with Crippen molar-refractivity contribution in [2.45, 2.75) is 84.8 Å². The standard InChI is InChI=1S/C31H52N2O7/c1-20(2)23(15-22-9-10-27(39-6)28(16-22)40-14-8-13-38-5)17-25(32)26(34)18-24(21(3)4)29(35)33-19-31(30(36)37)11-7-12-31/h9-10,16,20-21,23-26,34H,7-8,11-15,17-19,32H2,1-6H3,(H,33,35)(H,36,37)/t23-,24-,25-,26-/m0/s1. The molecule has 0 aliphatic heterocycles. The Morgan fingerprint density at radius 2 is 1.75 bits per heavy atom. The number of rotatable bonds is 19. The number of aliphatic hydroxyl groups is 1. The molecule has 4 atom stereocenters. The number of carbonyl (C=O) groups is 2. The van der Waals surface area contributed by atoms with Crippen LogP contribution in [0, 0.1) is 29.1 Å². The van der Waals surface area contributed by atoms with Crippen molar-refractivity contribution in [1.82, 2.24) is 5.32 Å². The Morgan fingerprint density at radius 3 is 2.27 bits per heavy atom. The van der Waals surface area contributed by atoms with Crippen LogP contribution in [0.4, 0.5) is 0 Å². The summed E-state index contributed by atoms with van der Waals surface area (Å²) in [7, 11) is 3.29. The number of carbonyl (C=O) groups excluding carboxylic acids is 1. The third kappa shape index (κ3) is 9.63. The fourth-order valence-electron chi connectivity index (χ4n) is 5.32. The molecular formula is C31H52N2O7. The van der Waals surface area contributed by atoms with Crippen LogP contribution >= 0.6 is 0 Å². The molecule has 1 fully saturated rings. The number of aliphatic carboxylic acids is 1. The van der Waals surface area contributed by atoms with Gasteiger partial charge in [0, 0.05) is 38.6 Å². The third-order valence-electron chi connectivity index (χ3n) is 8.49. The first kappa shape index (κ1) is 33.8. The molecule has 1 aliphatic rings. The van der Waals surface area contributed by atoms with E-state index in [1.807, 2.05) is 32.0 Å². The van der Waals surface area contributed by atoms with E-state index >= 15 is 0 Å². The summed E-state index contributed by atoms with van der Waals surface area (Å²) in [6.45, 7) is 9.46. The van der Waals surface area contributed by atoms with Crippen molar-refractivity contribution in [1.29, 1.82) is 0 Å². The molecule has 40 heavy (non-hydrogen) atoms. The van der Waals surface area contributed by atoms with E-state index in [0.717, 1.165) is 24.8 Å². The molecule has 9 heteroatoms. The van der Waals surface area contributed by atoms with Gasteiger partial charge in [-0.25, -0.2) is 0 Å². The minimum Gasteiger partial charge on any atom is -0.493 e. The highest BCUT2D eigenvalue weighted by Crippen LogP contribution is 2.40. The molecule has 2 rings (SSSR count). The molecule has 1 saturated carbocycles. The van der Waals surface area contributed by atoms with Crippen LogP contribution in [0.2, 0.25) is 0 Å². The number of carboxylic acids is 1. The quantitative estimate of drug-likeness (QED) is 0.185. The van der Waals surface area contributed by atoms with Crippen molar-refractivity contribution in [3.05, 3.63) is 23.8 Å². The van der Waals surface area contributed by atoms with Crippen LogP contribution < -0.4 is 20.5 Å². The summed E-state index contributed by atoms with van der Waals surface area (Å²) in [5, 5.41) is 23.5. The second-order valence-corrected chi connectivity index (χ2v) is 12.1. The lowest BCUT2D eigenvalue weighted by atomic mass is 9.68. The molecule has 1 amide bonds. The number of carboxylic acid groups (broad SMARTS) is 1. The number of methoxy groups -OCH3 is 2. The summed E-state index contributed by atoms with van der Waals surface area (Å²) >= 11 is 0. The number of ether oxygens (including phenoxy) is 3. The predicted octanol–water partition coefficient (Wildman–Crippen LogP) is 4.04. The highest BCUT2D eigenvalue weighted by atomic mass is 16.5. The largest absolute Gasteiger partial charge is 0.493 e. The Balaban J connectivity index is 2.01. The second kappa shape index (κ2) is 16.2. The van der Waals surface area contributed by atoms with Crippen LogP contribution in [0.15, 0.2) is 18.2 Å². The first-order valence-corrected chi connectivity index (χ1v) is 14.7. The Kier molecular flexibility index (Phi) is 13.7. The molecule has 0 aromatic heterocycles. The molecule has 1 aliphatic carbocycles. The summed E-state index contributed by atoms with van der Waals surface area (Å²) in [6, 6.07) is 5.45. The lowest BCUT2D eigenvalue weighted by molar-refractivity contribution is -0.154. The van der Waals surface area contributed by atoms with Crippen molar-refractivity contribution >= 4 is 11.9 Å². The molecule has 0 heterocycles. The molecule has 0 saturated heterocycles. The maximum absolute atomic E-state index is 13.0. The zero-order chi connectivity index (χ0) is 29.9. The van der Waals surface area contributed by atoms with E-state index in [1.165, 1.54) is 0 Å². The average molecular weight is 565 g/mol. The number of benzene rings is 1. The molecule has 1 aromatic rings. The topological polar surface area (TPSA) is 140 Å². The van der Waals surface area contributed by atoms with Crippen LogP contribution in [-0.2, 0) is 20.7 Å². The van der Waals surface area contributed by atoms with Crippen LogP contribution in [-0.4, -0.2) is 68.2 Å². The minimum atomic E-state index is -0.858. The van der Waals surface area contributed by atoms with E-state index in [9.17, 15) is 19.8 Å². The first-order valence-electron chi connectivity index (χ1n) is 14.7. The number of hydrogen-bond acceptors (Lipinski definition) is 7. The smallest absolute Gasteiger partial charge is 0.311 e. The third-order valence-corrected chi connectivity index (χ3v) is 8.49. The van der Waals surface area contributed by atoms with Gasteiger partial charge in [0.05, 0.1) is 25.2 Å². The number of nitrogens with one attached hydrogen (secondary N) is 1. The van der Waals surface area contributed by atoms with Crippen molar-refractivity contribution in [3.8, 4) is 11.5 Å². The zero-order valence-electron chi connectivity index (χ0n) is 25.3. The fraction of sp³-hybridized carbons (Fsp3) is 0.742. The summed E-state index contributed by atoms with van der Waals surface area (Å²) in [5.74, 6) is 0.355. The van der Waals surface area contributed by atoms with Gasteiger partial charge in [-0.1, -0.05) is 40.2 Å². The molecule has 0 bridgehead atoms. The van der Waals surface area contributed by atoms with Crippen molar-refractivity contribution < 1.29 is 34.0 Å². The zero-order valence-corrected chi connectivity index (χ0v) is 25.3. The predicted molar refractivity (Wildman–Crippen MR) is 155 cm³/mol. The van der Waals surface area contributed by atoms with Crippen LogP contribution in [0.25, 0.3) is 0 Å². The van der Waals surface area contributed by atoms with E-state index in [1.54, 1.807) is 14.2 Å². The molecule has 9 nitrogen and oxygen atoms in total. The van der Waals surface area contributed by atoms with Crippen LogP contribution in [0.1, 0.15) is 71.8 Å². The molecule has 0 radical (unpaired) electrons. The Morgan fingerprint density at radius 1 is 1.05 bits per heavy atom. The molecule has 0 spiro atoms. The molecule has 0 unspecified atom stereocenters. The normalized spacial score (nSPS) is 17.6. The minimum absolute atomic E-state index is 0.0217. The van der Waals surface area contributed by atoms with Crippen molar-refractivity contribution in [2.75, 3.05) is 34.0 Å². The Bertz CT molecular complexity index is 932. The van der Waals surface area contributed by atoms with E-state index in [0.29, 0.717) is 49.9 Å². The number of hydrogen-bond donors (Lipinski definition) is 4. The van der Waals surface area contributed by atoms with Gasteiger partial charge < -0.3 is 35.5 Å². The lowest BCUT2D eigenvalue weighted by Gasteiger charge is -2.38. The highest BCUT2D eigenvalue weighted by molar-refractivity contribution is 5.81. The monoisotopic (exact) mass is 564 g/mol. The SMILES string of the molecule is COCCCOc1cc(C[C@@H](C[C@H](N)[C@@H](O)C[C@H](C(=O)NCC2(C(=O)O)CCC2)C(C)C)C(C)C)ccc1OC. The van der Waals surface area contributed by atoms with E-state index in [4.69, 9.17) is 19.9 Å². The molecule has 228 valence electrons. The van der Waals surface area contributed by atoms with Gasteiger partial charge in [0.2, 0.25) is 5.91 Å². The maximum Gasteiger partial charge on any atom is 0.311 e. The van der Waals surface area contributed by atoms with Gasteiger partial charge in [0.15, 0.2) is 11.5 Å². The summed E-state index contributed by atoms with van der Waals surface area (Å²) < 4.78 is 16.5. The number of nitrogens with two attached hydrogens (primary N) is 1. The maximum atomic E-state index is 13.0. The van der Waals surface area contributed by atoms with Crippen LogP contribution in [0.5, 0.6) is 11.5 Å². The second-order valence-electron chi connectivity index (χ2n) is 12.1. The van der Waals surface area contributed by atoms with Gasteiger partial charge in [0.1, 0.15) is 0 Å². The average Bonchev–Trinajstić information content (AvgIpc) is 2.88. The fourth-order valence-corrected chi connectivity index (χ4v) is 5.32. The van der Waals surface area contributed by atoms with Gasteiger partial charge >= 0.3 is 5.97 Å². The highest BCUT2D eigenvalue weighted by Gasteiger charge is 2.45. The van der Waals surface area contributed by atoms with Gasteiger partial charge in [0.25, 0.3) is 0 Å². The van der Waals surface area contributed by atoms with E-state index < -0.39 is 29.4 Å². The molecule has 1 aromatic carbocycles. The van der Waals surface area contributed by atoms with E-state index in [2.05, 4.69) is 19.2 Å².